The van der Waals surface area contributed by atoms with Gasteiger partial charge in [0.2, 0.25) is 0 Å². The van der Waals surface area contributed by atoms with E-state index in [-0.39, 0.29) is 6.61 Å². The first-order valence-electron chi connectivity index (χ1n) is 6.15. The van der Waals surface area contributed by atoms with Crippen molar-refractivity contribution in [3.8, 4) is 0 Å². The van der Waals surface area contributed by atoms with Gasteiger partial charge in [0.1, 0.15) is 12.0 Å². The summed E-state index contributed by atoms with van der Waals surface area (Å²) in [6.45, 7) is 5.69. The SMILES string of the molecule is CCOC(=O)[C@@H](NC(=O)OC(C)(C)C)C(F)(F)CC(=O)O. The van der Waals surface area contributed by atoms with Crippen molar-refractivity contribution in [2.45, 2.75) is 51.7 Å². The molecule has 7 nitrogen and oxygen atoms in total. The predicted molar refractivity (Wildman–Crippen MR) is 67.0 cm³/mol. The molecule has 0 spiro atoms. The Bertz CT molecular complexity index is 405. The Labute approximate surface area is 120 Å². The van der Waals surface area contributed by atoms with E-state index in [1.165, 1.54) is 27.7 Å². The van der Waals surface area contributed by atoms with Crippen LogP contribution in [0.25, 0.3) is 0 Å². The van der Waals surface area contributed by atoms with Gasteiger partial charge >= 0.3 is 18.0 Å². The number of esters is 1. The van der Waals surface area contributed by atoms with Crippen LogP contribution in [0.5, 0.6) is 0 Å². The van der Waals surface area contributed by atoms with Gasteiger partial charge in [0.15, 0.2) is 6.04 Å². The highest BCUT2D eigenvalue weighted by atomic mass is 19.3. The molecule has 1 atom stereocenters. The molecule has 9 heteroatoms. The molecule has 1 amide bonds. The van der Waals surface area contributed by atoms with E-state index < -0.39 is 42.0 Å². The van der Waals surface area contributed by atoms with Crippen molar-refractivity contribution < 1.29 is 37.7 Å². The first-order chi connectivity index (χ1) is 9.39. The van der Waals surface area contributed by atoms with Crippen molar-refractivity contribution in [3.63, 3.8) is 0 Å². The molecule has 0 aromatic carbocycles. The number of alkyl halides is 2. The first kappa shape index (κ1) is 19.1. The van der Waals surface area contributed by atoms with Crippen LogP contribution in [0.4, 0.5) is 13.6 Å². The summed E-state index contributed by atoms with van der Waals surface area (Å²) in [4.78, 5) is 33.4. The van der Waals surface area contributed by atoms with E-state index in [9.17, 15) is 23.2 Å². The van der Waals surface area contributed by atoms with E-state index in [4.69, 9.17) is 9.84 Å². The third-order valence-corrected chi connectivity index (χ3v) is 1.99. The minimum absolute atomic E-state index is 0.200. The number of carbonyl (C=O) groups excluding carboxylic acids is 2. The van der Waals surface area contributed by atoms with Crippen molar-refractivity contribution in [3.05, 3.63) is 0 Å². The third kappa shape index (κ3) is 7.42. The Morgan fingerprint density at radius 3 is 2.14 bits per heavy atom. The molecule has 0 saturated carbocycles. The molecule has 0 aromatic heterocycles. The van der Waals surface area contributed by atoms with E-state index in [2.05, 4.69) is 4.74 Å². The molecule has 0 radical (unpaired) electrons. The number of ether oxygens (including phenoxy) is 2. The molecule has 21 heavy (non-hydrogen) atoms. The molecule has 0 fully saturated rings. The molecule has 0 rings (SSSR count). The molecule has 0 aliphatic heterocycles. The van der Waals surface area contributed by atoms with Crippen LogP contribution < -0.4 is 5.32 Å². The maximum absolute atomic E-state index is 13.8. The van der Waals surface area contributed by atoms with Gasteiger partial charge < -0.3 is 19.9 Å². The summed E-state index contributed by atoms with van der Waals surface area (Å²) >= 11 is 0. The van der Waals surface area contributed by atoms with Gasteiger partial charge in [0.05, 0.1) is 6.61 Å². The Morgan fingerprint density at radius 2 is 1.76 bits per heavy atom. The van der Waals surface area contributed by atoms with E-state index in [0.29, 0.717) is 0 Å². The molecular formula is C12H19F2NO6. The van der Waals surface area contributed by atoms with Crippen molar-refractivity contribution in [2.24, 2.45) is 0 Å². The van der Waals surface area contributed by atoms with Crippen LogP contribution in [0.2, 0.25) is 0 Å². The number of aliphatic carboxylic acids is 1. The van der Waals surface area contributed by atoms with Gasteiger partial charge in [-0.3, -0.25) is 4.79 Å². The van der Waals surface area contributed by atoms with Crippen LogP contribution in [0.3, 0.4) is 0 Å². The van der Waals surface area contributed by atoms with E-state index in [1.54, 1.807) is 5.32 Å². The standard InChI is InChI=1S/C12H19F2NO6/c1-5-20-9(18)8(12(13,14)6-7(16)17)15-10(19)21-11(2,3)4/h8H,5-6H2,1-4H3,(H,15,19)(H,16,17)/t8-/m1/s1. The van der Waals surface area contributed by atoms with Gasteiger partial charge in [-0.05, 0) is 27.7 Å². The van der Waals surface area contributed by atoms with E-state index >= 15 is 0 Å². The number of hydrogen-bond donors (Lipinski definition) is 2. The summed E-state index contributed by atoms with van der Waals surface area (Å²) < 4.78 is 36.7. The summed E-state index contributed by atoms with van der Waals surface area (Å²) in [6, 6.07) is -2.44. The Balaban J connectivity index is 5.11. The Hall–Kier alpha value is -1.93. The minimum Gasteiger partial charge on any atom is -0.481 e. The fraction of sp³-hybridized carbons (Fsp3) is 0.750. The van der Waals surface area contributed by atoms with Gasteiger partial charge in [-0.1, -0.05) is 0 Å². The van der Waals surface area contributed by atoms with Gasteiger partial charge in [0, 0.05) is 0 Å². The fourth-order valence-electron chi connectivity index (χ4n) is 1.29. The zero-order valence-corrected chi connectivity index (χ0v) is 12.2. The fourth-order valence-corrected chi connectivity index (χ4v) is 1.29. The van der Waals surface area contributed by atoms with Crippen LogP contribution in [-0.4, -0.2) is 47.3 Å². The third-order valence-electron chi connectivity index (χ3n) is 1.99. The number of carboxylic acids is 1. The monoisotopic (exact) mass is 311 g/mol. The minimum atomic E-state index is -4.02. The van der Waals surface area contributed by atoms with Crippen LogP contribution in [0, 0.1) is 0 Å². The molecule has 0 aliphatic carbocycles. The summed E-state index contributed by atoms with van der Waals surface area (Å²) in [6.07, 6.45) is -2.91. The molecule has 0 unspecified atom stereocenters. The largest absolute Gasteiger partial charge is 0.481 e. The predicted octanol–water partition coefficient (Wildman–Crippen LogP) is 1.55. The summed E-state index contributed by atoms with van der Waals surface area (Å²) in [5.41, 5.74) is -0.967. The summed E-state index contributed by atoms with van der Waals surface area (Å²) in [7, 11) is 0. The lowest BCUT2D eigenvalue weighted by Crippen LogP contribution is -2.55. The molecule has 0 aliphatic rings. The summed E-state index contributed by atoms with van der Waals surface area (Å²) in [5, 5.41) is 10.1. The first-order valence-corrected chi connectivity index (χ1v) is 6.15. The average molecular weight is 311 g/mol. The Morgan fingerprint density at radius 1 is 1.24 bits per heavy atom. The van der Waals surface area contributed by atoms with Crippen molar-refractivity contribution in [1.82, 2.24) is 5.32 Å². The second-order valence-corrected chi connectivity index (χ2v) is 5.16. The van der Waals surface area contributed by atoms with E-state index in [1.807, 2.05) is 0 Å². The number of alkyl carbamates (subject to hydrolysis) is 1. The highest BCUT2D eigenvalue weighted by molar-refractivity contribution is 5.83. The number of carbonyl (C=O) groups is 3. The van der Waals surface area contributed by atoms with Crippen molar-refractivity contribution in [2.75, 3.05) is 6.61 Å². The topological polar surface area (TPSA) is 102 Å². The Kier molecular flexibility index (Phi) is 6.52. The van der Waals surface area contributed by atoms with Crippen LogP contribution >= 0.6 is 0 Å². The molecule has 2 N–H and O–H groups in total. The quantitative estimate of drug-likeness (QED) is 0.722. The summed E-state index contributed by atoms with van der Waals surface area (Å²) in [5.74, 6) is -7.27. The number of nitrogens with one attached hydrogen (secondary N) is 1. The van der Waals surface area contributed by atoms with Gasteiger partial charge in [-0.25, -0.2) is 18.4 Å². The van der Waals surface area contributed by atoms with Gasteiger partial charge in [0.25, 0.3) is 5.92 Å². The number of carboxylic acid groups (broad SMARTS) is 1. The normalized spacial score (nSPS) is 13.2. The lowest BCUT2D eigenvalue weighted by molar-refractivity contribution is -0.162. The van der Waals surface area contributed by atoms with Crippen molar-refractivity contribution >= 4 is 18.0 Å². The van der Waals surface area contributed by atoms with E-state index in [0.717, 1.165) is 0 Å². The maximum atomic E-state index is 13.8. The number of halogens is 2. The lowest BCUT2D eigenvalue weighted by Gasteiger charge is -2.26. The number of rotatable bonds is 6. The average Bonchev–Trinajstić information content (AvgIpc) is 2.21. The molecule has 0 heterocycles. The van der Waals surface area contributed by atoms with Crippen LogP contribution in [-0.2, 0) is 19.1 Å². The van der Waals surface area contributed by atoms with Crippen molar-refractivity contribution in [1.29, 1.82) is 0 Å². The van der Waals surface area contributed by atoms with Crippen LogP contribution in [0.15, 0.2) is 0 Å². The highest BCUT2D eigenvalue weighted by Gasteiger charge is 2.48. The smallest absolute Gasteiger partial charge is 0.408 e. The molecular weight excluding hydrogens is 292 g/mol. The number of amides is 1. The van der Waals surface area contributed by atoms with Gasteiger partial charge in [-0.15, -0.1) is 0 Å². The molecule has 0 saturated heterocycles. The second kappa shape index (κ2) is 7.19. The maximum Gasteiger partial charge on any atom is 0.408 e. The highest BCUT2D eigenvalue weighted by Crippen LogP contribution is 2.24. The zero-order valence-electron chi connectivity index (χ0n) is 12.2. The zero-order chi connectivity index (χ0) is 16.8. The second-order valence-electron chi connectivity index (χ2n) is 5.16. The van der Waals surface area contributed by atoms with Gasteiger partial charge in [-0.2, -0.15) is 0 Å². The molecule has 0 bridgehead atoms. The molecule has 122 valence electrons. The number of hydrogen-bond acceptors (Lipinski definition) is 5. The lowest BCUT2D eigenvalue weighted by atomic mass is 10.1. The molecule has 0 aromatic rings. The van der Waals surface area contributed by atoms with Crippen LogP contribution in [0.1, 0.15) is 34.1 Å².